The van der Waals surface area contributed by atoms with Crippen molar-refractivity contribution in [2.75, 3.05) is 6.54 Å². The molecule has 0 radical (unpaired) electrons. The first-order valence-electron chi connectivity index (χ1n) is 8.67. The largest absolute Gasteiger partial charge is 0.469 e. The van der Waals surface area contributed by atoms with Gasteiger partial charge >= 0.3 is 6.09 Å². The third-order valence-corrected chi connectivity index (χ3v) is 3.57. The van der Waals surface area contributed by atoms with E-state index in [2.05, 4.69) is 10.6 Å². The van der Waals surface area contributed by atoms with Gasteiger partial charge in [-0.1, -0.05) is 30.3 Å². The molecule has 6 heteroatoms. The molecule has 0 aliphatic rings. The summed E-state index contributed by atoms with van der Waals surface area (Å²) in [4.78, 5) is 24.2. The predicted octanol–water partition coefficient (Wildman–Crippen LogP) is 3.59. The number of hydrogen-bond donors (Lipinski definition) is 2. The van der Waals surface area contributed by atoms with Crippen LogP contribution in [0.1, 0.15) is 44.6 Å². The fraction of sp³-hybridized carbons (Fsp3) is 0.400. The lowest BCUT2D eigenvalue weighted by molar-refractivity contribution is -0.121. The minimum atomic E-state index is -0.586. The van der Waals surface area contributed by atoms with Crippen LogP contribution in [0.4, 0.5) is 4.79 Å². The molecular weight excluding hydrogens is 332 g/mol. The van der Waals surface area contributed by atoms with E-state index >= 15 is 0 Å². The molecule has 2 N–H and O–H groups in total. The summed E-state index contributed by atoms with van der Waals surface area (Å²) in [5, 5.41) is 5.68. The Kier molecular flexibility index (Phi) is 6.83. The smallest absolute Gasteiger partial charge is 0.408 e. The van der Waals surface area contributed by atoms with E-state index in [0.717, 1.165) is 11.3 Å². The minimum absolute atomic E-state index is 0.103. The number of nitrogens with one attached hydrogen (secondary N) is 2. The van der Waals surface area contributed by atoms with Gasteiger partial charge < -0.3 is 19.8 Å². The van der Waals surface area contributed by atoms with Crippen molar-refractivity contribution < 1.29 is 18.7 Å². The summed E-state index contributed by atoms with van der Waals surface area (Å²) in [6, 6.07) is 12.7. The highest BCUT2D eigenvalue weighted by atomic mass is 16.6. The highest BCUT2D eigenvalue weighted by molar-refractivity contribution is 5.76. The summed E-state index contributed by atoms with van der Waals surface area (Å²) in [6.07, 6.45) is 1.93. The van der Waals surface area contributed by atoms with Gasteiger partial charge in [0, 0.05) is 19.4 Å². The number of benzene rings is 1. The first kappa shape index (κ1) is 19.6. The molecule has 26 heavy (non-hydrogen) atoms. The van der Waals surface area contributed by atoms with Crippen molar-refractivity contribution in [2.24, 2.45) is 0 Å². The van der Waals surface area contributed by atoms with Crippen LogP contribution in [0, 0.1) is 0 Å². The predicted molar refractivity (Wildman–Crippen MR) is 98.6 cm³/mol. The molecule has 1 aromatic carbocycles. The van der Waals surface area contributed by atoms with Gasteiger partial charge in [-0.3, -0.25) is 4.79 Å². The van der Waals surface area contributed by atoms with E-state index in [0.29, 0.717) is 12.8 Å². The number of carbonyl (C=O) groups is 2. The van der Waals surface area contributed by atoms with Gasteiger partial charge in [0.1, 0.15) is 11.4 Å². The first-order chi connectivity index (χ1) is 12.3. The zero-order valence-corrected chi connectivity index (χ0v) is 15.5. The molecule has 1 aromatic heterocycles. The van der Waals surface area contributed by atoms with Crippen molar-refractivity contribution in [1.29, 1.82) is 0 Å². The second kappa shape index (κ2) is 9.08. The van der Waals surface area contributed by atoms with Crippen molar-refractivity contribution in [3.63, 3.8) is 0 Å². The van der Waals surface area contributed by atoms with Crippen molar-refractivity contribution >= 4 is 12.0 Å². The van der Waals surface area contributed by atoms with Crippen molar-refractivity contribution in [2.45, 2.75) is 45.3 Å². The molecule has 0 spiro atoms. The van der Waals surface area contributed by atoms with Gasteiger partial charge in [-0.25, -0.2) is 4.79 Å². The first-order valence-corrected chi connectivity index (χ1v) is 8.67. The molecule has 2 aromatic rings. The summed E-state index contributed by atoms with van der Waals surface area (Å²) in [7, 11) is 0. The quantitative estimate of drug-likeness (QED) is 0.792. The minimum Gasteiger partial charge on any atom is -0.469 e. The van der Waals surface area contributed by atoms with Crippen LogP contribution in [0.2, 0.25) is 0 Å². The molecular formula is C20H26N2O4. The Morgan fingerprint density at radius 1 is 1.12 bits per heavy atom. The summed E-state index contributed by atoms with van der Waals surface area (Å²) >= 11 is 0. The summed E-state index contributed by atoms with van der Waals surface area (Å²) in [5.74, 6) is 0.667. The van der Waals surface area contributed by atoms with Crippen LogP contribution in [0.15, 0.2) is 53.1 Å². The second-order valence-electron chi connectivity index (χ2n) is 6.99. The van der Waals surface area contributed by atoms with Crippen molar-refractivity contribution in [1.82, 2.24) is 10.6 Å². The van der Waals surface area contributed by atoms with Gasteiger partial charge in [0.2, 0.25) is 5.91 Å². The molecule has 0 bridgehead atoms. The Hall–Kier alpha value is -2.76. The van der Waals surface area contributed by atoms with E-state index in [1.807, 2.05) is 36.4 Å². The number of furan rings is 1. The van der Waals surface area contributed by atoms with Crippen LogP contribution in [-0.2, 0) is 16.0 Å². The topological polar surface area (TPSA) is 80.6 Å². The number of amides is 2. The van der Waals surface area contributed by atoms with Crippen LogP contribution in [0.5, 0.6) is 0 Å². The van der Waals surface area contributed by atoms with Crippen LogP contribution >= 0.6 is 0 Å². The molecule has 0 saturated carbocycles. The molecule has 2 amide bonds. The van der Waals surface area contributed by atoms with Crippen molar-refractivity contribution in [3.8, 4) is 0 Å². The van der Waals surface area contributed by atoms with E-state index in [1.165, 1.54) is 0 Å². The number of rotatable bonds is 7. The summed E-state index contributed by atoms with van der Waals surface area (Å²) in [6.45, 7) is 5.70. The van der Waals surface area contributed by atoms with Crippen molar-refractivity contribution in [3.05, 3.63) is 60.1 Å². The van der Waals surface area contributed by atoms with E-state index in [4.69, 9.17) is 9.15 Å². The standard InChI is InChI=1S/C20H26N2O4/c1-20(2,3)26-19(24)22-17(15-8-5-4-6-9-15)14-21-18(23)12-11-16-10-7-13-25-16/h4-10,13,17H,11-12,14H2,1-3H3,(H,21,23)(H,22,24). The fourth-order valence-electron chi connectivity index (χ4n) is 2.38. The highest BCUT2D eigenvalue weighted by Crippen LogP contribution is 2.14. The zero-order valence-electron chi connectivity index (χ0n) is 15.5. The van der Waals surface area contributed by atoms with Gasteiger partial charge in [-0.2, -0.15) is 0 Å². The SMILES string of the molecule is CC(C)(C)OC(=O)NC(CNC(=O)CCc1ccco1)c1ccccc1. The Labute approximate surface area is 153 Å². The molecule has 6 nitrogen and oxygen atoms in total. The molecule has 0 saturated heterocycles. The van der Waals surface area contributed by atoms with Gasteiger partial charge in [-0.05, 0) is 38.5 Å². The van der Waals surface area contributed by atoms with Gasteiger partial charge in [0.15, 0.2) is 0 Å². The number of ether oxygens (including phenoxy) is 1. The zero-order chi connectivity index (χ0) is 19.0. The molecule has 1 heterocycles. The van der Waals surface area contributed by atoms with Crippen LogP contribution in [-0.4, -0.2) is 24.1 Å². The molecule has 1 unspecified atom stereocenters. The molecule has 0 aliphatic carbocycles. The number of alkyl carbamates (subject to hydrolysis) is 1. The number of carbonyl (C=O) groups excluding carboxylic acids is 2. The van der Waals surface area contributed by atoms with Gasteiger partial charge in [0.25, 0.3) is 0 Å². The lowest BCUT2D eigenvalue weighted by Gasteiger charge is -2.24. The Balaban J connectivity index is 1.91. The van der Waals surface area contributed by atoms with E-state index in [9.17, 15) is 9.59 Å². The maximum atomic E-state index is 12.1. The molecule has 0 aliphatic heterocycles. The highest BCUT2D eigenvalue weighted by Gasteiger charge is 2.21. The monoisotopic (exact) mass is 358 g/mol. The molecule has 2 rings (SSSR count). The normalized spacial score (nSPS) is 12.3. The summed E-state index contributed by atoms with van der Waals surface area (Å²) in [5.41, 5.74) is 0.308. The number of aryl methyl sites for hydroxylation is 1. The Bertz CT molecular complexity index is 690. The molecule has 0 fully saturated rings. The Morgan fingerprint density at radius 3 is 2.46 bits per heavy atom. The van der Waals surface area contributed by atoms with Crippen LogP contribution < -0.4 is 10.6 Å². The maximum absolute atomic E-state index is 12.1. The third-order valence-electron chi connectivity index (χ3n) is 3.57. The van der Waals surface area contributed by atoms with Crippen LogP contribution in [0.25, 0.3) is 0 Å². The van der Waals surface area contributed by atoms with E-state index in [1.54, 1.807) is 33.1 Å². The second-order valence-corrected chi connectivity index (χ2v) is 6.99. The Morgan fingerprint density at radius 2 is 1.85 bits per heavy atom. The van der Waals surface area contributed by atoms with Gasteiger partial charge in [0.05, 0.1) is 12.3 Å². The lowest BCUT2D eigenvalue weighted by atomic mass is 10.1. The average molecular weight is 358 g/mol. The third kappa shape index (κ3) is 7.01. The van der Waals surface area contributed by atoms with E-state index < -0.39 is 11.7 Å². The maximum Gasteiger partial charge on any atom is 0.408 e. The fourth-order valence-corrected chi connectivity index (χ4v) is 2.38. The molecule has 140 valence electrons. The van der Waals surface area contributed by atoms with Crippen LogP contribution in [0.3, 0.4) is 0 Å². The van der Waals surface area contributed by atoms with E-state index in [-0.39, 0.29) is 18.5 Å². The lowest BCUT2D eigenvalue weighted by Crippen LogP contribution is -2.40. The average Bonchev–Trinajstić information content (AvgIpc) is 3.09. The molecule has 1 atom stereocenters. The summed E-state index contributed by atoms with van der Waals surface area (Å²) < 4.78 is 10.5. The number of hydrogen-bond acceptors (Lipinski definition) is 4. The van der Waals surface area contributed by atoms with Gasteiger partial charge in [-0.15, -0.1) is 0 Å².